The van der Waals surface area contributed by atoms with E-state index in [9.17, 15) is 17.9 Å². The summed E-state index contributed by atoms with van der Waals surface area (Å²) in [5.74, 6) is -0.634. The molecule has 0 radical (unpaired) electrons. The fraction of sp³-hybridized carbons (Fsp3) is 0.500. The van der Waals surface area contributed by atoms with Crippen LogP contribution in [0.15, 0.2) is 24.3 Å². The number of aliphatic hydroxyl groups is 1. The summed E-state index contributed by atoms with van der Waals surface area (Å²) in [6.45, 7) is 3.30. The van der Waals surface area contributed by atoms with Crippen molar-refractivity contribution in [2.75, 3.05) is 6.54 Å². The van der Waals surface area contributed by atoms with E-state index in [1.807, 2.05) is 0 Å². The molecule has 1 aromatic rings. The van der Waals surface area contributed by atoms with Crippen LogP contribution in [0.2, 0.25) is 0 Å². The van der Waals surface area contributed by atoms with Crippen molar-refractivity contribution in [2.24, 2.45) is 0 Å². The highest BCUT2D eigenvalue weighted by molar-refractivity contribution is 7.88. The van der Waals surface area contributed by atoms with Crippen molar-refractivity contribution in [2.45, 2.75) is 31.6 Å². The van der Waals surface area contributed by atoms with E-state index >= 15 is 0 Å². The maximum Gasteiger partial charge on any atom is 0.215 e. The molecule has 0 aliphatic heterocycles. The standard InChI is InChI=1S/C12H18FNO3S/c1-3-12(2,15)9-14-18(16,17)8-10-4-6-11(13)7-5-10/h4-7,14-15H,3,8-9H2,1-2H3. The first kappa shape index (κ1) is 15.1. The molecule has 6 heteroatoms. The molecule has 0 fully saturated rings. The summed E-state index contributed by atoms with van der Waals surface area (Å²) in [5, 5.41) is 9.71. The van der Waals surface area contributed by atoms with Crippen LogP contribution >= 0.6 is 0 Å². The first-order valence-electron chi connectivity index (χ1n) is 5.68. The van der Waals surface area contributed by atoms with Crippen LogP contribution < -0.4 is 4.72 Å². The molecule has 0 saturated carbocycles. The maximum absolute atomic E-state index is 12.7. The fourth-order valence-corrected chi connectivity index (χ4v) is 2.51. The summed E-state index contributed by atoms with van der Waals surface area (Å²) in [6, 6.07) is 5.28. The van der Waals surface area contributed by atoms with Gasteiger partial charge in [0.1, 0.15) is 5.82 Å². The maximum atomic E-state index is 12.7. The Morgan fingerprint density at radius 1 is 1.33 bits per heavy atom. The number of rotatable bonds is 6. The second kappa shape index (κ2) is 5.77. The summed E-state index contributed by atoms with van der Waals surface area (Å²) in [4.78, 5) is 0. The molecule has 0 aromatic heterocycles. The van der Waals surface area contributed by atoms with Gasteiger partial charge in [0.15, 0.2) is 0 Å². The van der Waals surface area contributed by atoms with Crippen molar-refractivity contribution >= 4 is 10.0 Å². The van der Waals surface area contributed by atoms with Gasteiger partial charge < -0.3 is 5.11 Å². The quantitative estimate of drug-likeness (QED) is 0.825. The summed E-state index contributed by atoms with van der Waals surface area (Å²) >= 11 is 0. The van der Waals surface area contributed by atoms with E-state index < -0.39 is 21.4 Å². The smallest absolute Gasteiger partial charge is 0.215 e. The molecule has 0 saturated heterocycles. The molecule has 1 rings (SSSR count). The zero-order valence-corrected chi connectivity index (χ0v) is 11.3. The van der Waals surface area contributed by atoms with Crippen molar-refractivity contribution in [3.8, 4) is 0 Å². The Labute approximate surface area is 107 Å². The van der Waals surface area contributed by atoms with Crippen LogP contribution in [-0.4, -0.2) is 25.7 Å². The molecule has 4 nitrogen and oxygen atoms in total. The van der Waals surface area contributed by atoms with Gasteiger partial charge in [-0.15, -0.1) is 0 Å². The molecule has 2 N–H and O–H groups in total. The topological polar surface area (TPSA) is 66.4 Å². The molecule has 0 bridgehead atoms. The molecule has 18 heavy (non-hydrogen) atoms. The van der Waals surface area contributed by atoms with Crippen molar-refractivity contribution in [1.29, 1.82) is 0 Å². The largest absolute Gasteiger partial charge is 0.389 e. The van der Waals surface area contributed by atoms with Gasteiger partial charge >= 0.3 is 0 Å². The molecule has 1 unspecified atom stereocenters. The molecule has 1 atom stereocenters. The van der Waals surface area contributed by atoms with Gasteiger partial charge in [-0.3, -0.25) is 0 Å². The first-order valence-corrected chi connectivity index (χ1v) is 7.33. The minimum atomic E-state index is -3.52. The van der Waals surface area contributed by atoms with E-state index in [4.69, 9.17) is 0 Å². The van der Waals surface area contributed by atoms with Gasteiger partial charge in [0.25, 0.3) is 0 Å². The third-order valence-electron chi connectivity index (χ3n) is 2.70. The Kier molecular flexibility index (Phi) is 4.84. The van der Waals surface area contributed by atoms with E-state index in [2.05, 4.69) is 4.72 Å². The van der Waals surface area contributed by atoms with Gasteiger partial charge in [-0.05, 0) is 31.0 Å². The minimum absolute atomic E-state index is 0.0347. The number of benzene rings is 1. The van der Waals surface area contributed by atoms with Crippen LogP contribution in [-0.2, 0) is 15.8 Å². The van der Waals surface area contributed by atoms with Crippen molar-refractivity contribution in [1.82, 2.24) is 4.72 Å². The summed E-state index contributed by atoms with van der Waals surface area (Å²) < 4.78 is 38.5. The third kappa shape index (κ3) is 5.12. The second-order valence-corrected chi connectivity index (χ2v) is 6.36. The lowest BCUT2D eigenvalue weighted by Crippen LogP contribution is -2.40. The minimum Gasteiger partial charge on any atom is -0.389 e. The van der Waals surface area contributed by atoms with E-state index in [-0.39, 0.29) is 12.3 Å². The molecular formula is C12H18FNO3S. The summed E-state index contributed by atoms with van der Waals surface area (Å²) in [5.41, 5.74) is -0.560. The lowest BCUT2D eigenvalue weighted by molar-refractivity contribution is 0.0613. The van der Waals surface area contributed by atoms with Crippen LogP contribution in [0.4, 0.5) is 4.39 Å². The summed E-state index contributed by atoms with van der Waals surface area (Å²) in [7, 11) is -3.52. The van der Waals surface area contributed by atoms with Crippen molar-refractivity contribution in [3.63, 3.8) is 0 Å². The van der Waals surface area contributed by atoms with Crippen LogP contribution in [0.5, 0.6) is 0 Å². The van der Waals surface area contributed by atoms with Crippen molar-refractivity contribution < 1.29 is 17.9 Å². The predicted molar refractivity (Wildman–Crippen MR) is 67.9 cm³/mol. The van der Waals surface area contributed by atoms with Gasteiger partial charge in [0.2, 0.25) is 10.0 Å². The zero-order chi connectivity index (χ0) is 13.8. The highest BCUT2D eigenvalue weighted by Crippen LogP contribution is 2.09. The average Bonchev–Trinajstić information content (AvgIpc) is 2.30. The van der Waals surface area contributed by atoms with E-state index in [1.165, 1.54) is 24.3 Å². The Hall–Kier alpha value is -0.980. The molecule has 0 amide bonds. The van der Waals surface area contributed by atoms with Gasteiger partial charge in [0.05, 0.1) is 11.4 Å². The van der Waals surface area contributed by atoms with Crippen molar-refractivity contribution in [3.05, 3.63) is 35.6 Å². The highest BCUT2D eigenvalue weighted by Gasteiger charge is 2.21. The van der Waals surface area contributed by atoms with E-state index in [0.29, 0.717) is 12.0 Å². The average molecular weight is 275 g/mol. The van der Waals surface area contributed by atoms with Gasteiger partial charge in [-0.1, -0.05) is 19.1 Å². The molecule has 1 aromatic carbocycles. The number of halogens is 1. The number of nitrogens with one attached hydrogen (secondary N) is 1. The van der Waals surface area contributed by atoms with Gasteiger partial charge in [-0.2, -0.15) is 0 Å². The SMILES string of the molecule is CCC(C)(O)CNS(=O)(=O)Cc1ccc(F)cc1. The number of hydrogen-bond acceptors (Lipinski definition) is 3. The Morgan fingerprint density at radius 3 is 2.39 bits per heavy atom. The number of sulfonamides is 1. The zero-order valence-electron chi connectivity index (χ0n) is 10.5. The van der Waals surface area contributed by atoms with Crippen LogP contribution in [0, 0.1) is 5.82 Å². The highest BCUT2D eigenvalue weighted by atomic mass is 32.2. The third-order valence-corrected chi connectivity index (χ3v) is 4.00. The lowest BCUT2D eigenvalue weighted by Gasteiger charge is -2.21. The predicted octanol–water partition coefficient (Wildman–Crippen LogP) is 1.41. The molecule has 102 valence electrons. The first-order chi connectivity index (χ1) is 8.24. The van der Waals surface area contributed by atoms with Gasteiger partial charge in [-0.25, -0.2) is 17.5 Å². The second-order valence-electron chi connectivity index (χ2n) is 4.56. The van der Waals surface area contributed by atoms with Gasteiger partial charge in [0, 0.05) is 6.54 Å². The van der Waals surface area contributed by atoms with Crippen LogP contribution in [0.25, 0.3) is 0 Å². The Balaban J connectivity index is 2.63. The van der Waals surface area contributed by atoms with E-state index in [0.717, 1.165) is 0 Å². The fourth-order valence-electron chi connectivity index (χ4n) is 1.24. The number of hydrogen-bond donors (Lipinski definition) is 2. The van der Waals surface area contributed by atoms with Crippen LogP contribution in [0.1, 0.15) is 25.8 Å². The Morgan fingerprint density at radius 2 is 1.89 bits per heavy atom. The normalized spacial score (nSPS) is 15.3. The lowest BCUT2D eigenvalue weighted by atomic mass is 10.1. The summed E-state index contributed by atoms with van der Waals surface area (Å²) in [6.07, 6.45) is 0.450. The Bertz CT molecular complexity index is 483. The molecule has 0 heterocycles. The molecule has 0 aliphatic rings. The molecular weight excluding hydrogens is 257 g/mol. The molecule has 0 aliphatic carbocycles. The monoisotopic (exact) mass is 275 g/mol. The van der Waals surface area contributed by atoms with Crippen LogP contribution in [0.3, 0.4) is 0 Å². The molecule has 0 spiro atoms. The van der Waals surface area contributed by atoms with E-state index in [1.54, 1.807) is 13.8 Å².